The minimum atomic E-state index is -3.72. The molecule has 0 spiro atoms. The summed E-state index contributed by atoms with van der Waals surface area (Å²) in [4.78, 5) is 12.8. The molecule has 4 rings (SSSR count). The maximum absolute atomic E-state index is 12.9. The van der Waals surface area contributed by atoms with Crippen molar-refractivity contribution in [3.05, 3.63) is 84.4 Å². The molecule has 1 saturated heterocycles. The molecule has 0 radical (unpaired) electrons. The van der Waals surface area contributed by atoms with Crippen LogP contribution in [-0.4, -0.2) is 32.5 Å². The number of benzene rings is 3. The molecule has 3 aromatic rings. The first-order valence-electron chi connectivity index (χ1n) is 10.1. The zero-order valence-corrected chi connectivity index (χ0v) is 18.2. The van der Waals surface area contributed by atoms with Gasteiger partial charge in [-0.25, -0.2) is 19.3 Å². The van der Waals surface area contributed by atoms with E-state index in [1.165, 1.54) is 23.5 Å². The quantitative estimate of drug-likeness (QED) is 0.458. The van der Waals surface area contributed by atoms with Crippen LogP contribution in [0.4, 0.5) is 11.4 Å². The van der Waals surface area contributed by atoms with E-state index >= 15 is 0 Å². The molecule has 8 nitrogen and oxygen atoms in total. The minimum absolute atomic E-state index is 0.127. The van der Waals surface area contributed by atoms with Crippen LogP contribution in [-0.2, 0) is 14.8 Å². The Morgan fingerprint density at radius 1 is 0.969 bits per heavy atom. The van der Waals surface area contributed by atoms with Gasteiger partial charge in [-0.3, -0.25) is 9.10 Å². The average molecular weight is 453 g/mol. The Kier molecular flexibility index (Phi) is 6.13. The second kappa shape index (κ2) is 8.99. The van der Waals surface area contributed by atoms with Crippen LogP contribution in [0.25, 0.3) is 0 Å². The lowest BCUT2D eigenvalue weighted by Gasteiger charge is -2.19. The Balaban J connectivity index is 1.41. The number of phenolic OH excluding ortho intramolecular Hbond substituents is 1. The van der Waals surface area contributed by atoms with Crippen LogP contribution in [0.2, 0.25) is 0 Å². The van der Waals surface area contributed by atoms with E-state index in [0.29, 0.717) is 23.4 Å². The first-order valence-corrected chi connectivity index (χ1v) is 11.5. The van der Waals surface area contributed by atoms with Gasteiger partial charge in [-0.15, -0.1) is 0 Å². The Labute approximate surface area is 186 Å². The van der Waals surface area contributed by atoms with Gasteiger partial charge < -0.3 is 10.4 Å². The summed E-state index contributed by atoms with van der Waals surface area (Å²) in [5, 5.41) is 12.8. The summed E-state index contributed by atoms with van der Waals surface area (Å²) in [7, 11) is -2.22. The van der Waals surface area contributed by atoms with Crippen molar-refractivity contribution in [2.75, 3.05) is 16.7 Å². The second-order valence-electron chi connectivity index (χ2n) is 7.51. The standard InChI is InChI=1S/C23H24N4O4S/c1-27(17-7-3-2-4-8-17)32(30,31)18-13-11-16(12-14-18)24-23(29)21-15-20(25-26-21)19-9-5-6-10-22(19)28/h2-14,20-21,25-26,28H,15H2,1H3,(H,24,29). The highest BCUT2D eigenvalue weighted by Gasteiger charge is 2.31. The highest BCUT2D eigenvalue weighted by Crippen LogP contribution is 2.29. The van der Waals surface area contributed by atoms with E-state index in [1.807, 2.05) is 12.1 Å². The molecule has 0 saturated carbocycles. The lowest BCUT2D eigenvalue weighted by molar-refractivity contribution is -0.117. The topological polar surface area (TPSA) is 111 Å². The molecule has 2 atom stereocenters. The van der Waals surface area contributed by atoms with E-state index in [9.17, 15) is 18.3 Å². The number of para-hydroxylation sites is 2. The maximum atomic E-state index is 12.9. The van der Waals surface area contributed by atoms with Crippen molar-refractivity contribution in [3.63, 3.8) is 0 Å². The number of hydrogen-bond donors (Lipinski definition) is 4. The van der Waals surface area contributed by atoms with Crippen LogP contribution in [0, 0.1) is 0 Å². The third-order valence-electron chi connectivity index (χ3n) is 5.43. The first kappa shape index (κ1) is 21.8. The summed E-state index contributed by atoms with van der Waals surface area (Å²) in [6.45, 7) is 0. The number of phenols is 1. The fourth-order valence-corrected chi connectivity index (χ4v) is 4.78. The third kappa shape index (κ3) is 4.45. The van der Waals surface area contributed by atoms with E-state index in [-0.39, 0.29) is 22.6 Å². The molecule has 1 amide bonds. The van der Waals surface area contributed by atoms with Crippen LogP contribution in [0.5, 0.6) is 5.75 Å². The van der Waals surface area contributed by atoms with Gasteiger partial charge in [0.15, 0.2) is 0 Å². The number of hydrogen-bond acceptors (Lipinski definition) is 6. The van der Waals surface area contributed by atoms with Gasteiger partial charge in [0.25, 0.3) is 10.0 Å². The third-order valence-corrected chi connectivity index (χ3v) is 7.23. The number of sulfonamides is 1. The summed E-state index contributed by atoms with van der Waals surface area (Å²) >= 11 is 0. The normalized spacial score (nSPS) is 18.3. The molecule has 2 unspecified atom stereocenters. The van der Waals surface area contributed by atoms with Crippen molar-refractivity contribution in [2.24, 2.45) is 0 Å². The second-order valence-corrected chi connectivity index (χ2v) is 9.48. The summed E-state index contributed by atoms with van der Waals surface area (Å²) < 4.78 is 27.0. The van der Waals surface area contributed by atoms with Crippen LogP contribution in [0.3, 0.4) is 0 Å². The molecule has 1 heterocycles. The lowest BCUT2D eigenvalue weighted by atomic mass is 10.0. The molecule has 9 heteroatoms. The van der Waals surface area contributed by atoms with Crippen molar-refractivity contribution < 1.29 is 18.3 Å². The summed E-state index contributed by atoms with van der Waals surface area (Å²) in [5.74, 6) is -0.0856. The number of rotatable bonds is 6. The van der Waals surface area contributed by atoms with Crippen LogP contribution >= 0.6 is 0 Å². The van der Waals surface area contributed by atoms with E-state index in [0.717, 1.165) is 0 Å². The van der Waals surface area contributed by atoms with E-state index in [2.05, 4.69) is 16.2 Å². The van der Waals surface area contributed by atoms with Crippen LogP contribution in [0.1, 0.15) is 18.0 Å². The smallest absolute Gasteiger partial charge is 0.264 e. The molecule has 1 aliphatic rings. The summed E-state index contributed by atoms with van der Waals surface area (Å²) in [5.41, 5.74) is 7.74. The maximum Gasteiger partial charge on any atom is 0.264 e. The monoisotopic (exact) mass is 452 g/mol. The van der Waals surface area contributed by atoms with Gasteiger partial charge in [0.1, 0.15) is 11.8 Å². The number of aromatic hydroxyl groups is 1. The minimum Gasteiger partial charge on any atom is -0.508 e. The van der Waals surface area contributed by atoms with E-state index in [4.69, 9.17) is 0 Å². The number of hydrazine groups is 1. The Hall–Kier alpha value is -3.40. The van der Waals surface area contributed by atoms with E-state index < -0.39 is 16.1 Å². The predicted octanol–water partition coefficient (Wildman–Crippen LogP) is 2.76. The van der Waals surface area contributed by atoms with Gasteiger partial charge in [-0.1, -0.05) is 36.4 Å². The molecule has 1 fully saturated rings. The summed E-state index contributed by atoms with van der Waals surface area (Å²) in [6.07, 6.45) is 0.456. The van der Waals surface area contributed by atoms with Gasteiger partial charge in [0, 0.05) is 18.3 Å². The highest BCUT2D eigenvalue weighted by atomic mass is 32.2. The summed E-state index contributed by atoms with van der Waals surface area (Å²) in [6, 6.07) is 21.1. The lowest BCUT2D eigenvalue weighted by Crippen LogP contribution is -2.39. The molecule has 3 aromatic carbocycles. The SMILES string of the molecule is CN(c1ccccc1)S(=O)(=O)c1ccc(NC(=O)C2CC(c3ccccc3O)NN2)cc1. The molecule has 0 aromatic heterocycles. The molecule has 32 heavy (non-hydrogen) atoms. The van der Waals surface area contributed by atoms with E-state index in [1.54, 1.807) is 54.6 Å². The Morgan fingerprint density at radius 3 is 2.31 bits per heavy atom. The molecular weight excluding hydrogens is 428 g/mol. The highest BCUT2D eigenvalue weighted by molar-refractivity contribution is 7.92. The molecule has 4 N–H and O–H groups in total. The van der Waals surface area contributed by atoms with Gasteiger partial charge >= 0.3 is 0 Å². The van der Waals surface area contributed by atoms with Crippen molar-refractivity contribution in [1.82, 2.24) is 10.9 Å². The fourth-order valence-electron chi connectivity index (χ4n) is 3.59. The predicted molar refractivity (Wildman–Crippen MR) is 123 cm³/mol. The number of anilines is 2. The number of carbonyl (C=O) groups is 1. The largest absolute Gasteiger partial charge is 0.508 e. The number of nitrogens with one attached hydrogen (secondary N) is 3. The molecular formula is C23H24N4O4S. The molecule has 1 aliphatic heterocycles. The molecule has 0 aliphatic carbocycles. The Bertz CT molecular complexity index is 1200. The van der Waals surface area contributed by atoms with Crippen molar-refractivity contribution in [2.45, 2.75) is 23.4 Å². The van der Waals surface area contributed by atoms with Gasteiger partial charge in [0.2, 0.25) is 5.91 Å². The average Bonchev–Trinajstić information content (AvgIpc) is 3.30. The van der Waals surface area contributed by atoms with Crippen molar-refractivity contribution in [1.29, 1.82) is 0 Å². The first-order chi connectivity index (χ1) is 15.4. The van der Waals surface area contributed by atoms with Crippen LogP contribution < -0.4 is 20.5 Å². The zero-order chi connectivity index (χ0) is 22.7. The molecule has 0 bridgehead atoms. The van der Waals surface area contributed by atoms with Crippen molar-refractivity contribution >= 4 is 27.3 Å². The Morgan fingerprint density at radius 2 is 1.62 bits per heavy atom. The van der Waals surface area contributed by atoms with Crippen molar-refractivity contribution in [3.8, 4) is 5.75 Å². The van der Waals surface area contributed by atoms with Gasteiger partial charge in [0.05, 0.1) is 16.6 Å². The number of carbonyl (C=O) groups excluding carboxylic acids is 1. The number of nitrogens with zero attached hydrogens (tertiary/aromatic N) is 1. The molecule has 166 valence electrons. The number of amides is 1. The van der Waals surface area contributed by atoms with Crippen LogP contribution in [0.15, 0.2) is 83.8 Å². The zero-order valence-electron chi connectivity index (χ0n) is 17.4. The van der Waals surface area contributed by atoms with Gasteiger partial charge in [-0.05, 0) is 48.9 Å². The fraction of sp³-hybridized carbons (Fsp3) is 0.174. The van der Waals surface area contributed by atoms with Gasteiger partial charge in [-0.2, -0.15) is 0 Å².